The van der Waals surface area contributed by atoms with E-state index in [1.165, 1.54) is 41.9 Å². The largest absolute Gasteiger partial charge is 0.484 e. The highest BCUT2D eigenvalue weighted by atomic mass is 19.1. The minimum Gasteiger partial charge on any atom is -0.484 e. The molecule has 1 fully saturated rings. The second-order valence-corrected chi connectivity index (χ2v) is 6.71. The summed E-state index contributed by atoms with van der Waals surface area (Å²) in [6.45, 7) is 2.01. The molecule has 0 spiro atoms. The Morgan fingerprint density at radius 1 is 1.04 bits per heavy atom. The number of benzene rings is 1. The van der Waals surface area contributed by atoms with E-state index in [0.717, 1.165) is 4.57 Å². The highest BCUT2D eigenvalue weighted by Gasteiger charge is 2.21. The number of carbonyl (C=O) groups is 1. The maximum absolute atomic E-state index is 12.9. The van der Waals surface area contributed by atoms with Crippen LogP contribution in [0.5, 0.6) is 5.75 Å². The van der Waals surface area contributed by atoms with Gasteiger partial charge in [-0.1, -0.05) is 0 Å². The summed E-state index contributed by atoms with van der Waals surface area (Å²) in [4.78, 5) is 40.2. The Labute approximate surface area is 161 Å². The third-order valence-corrected chi connectivity index (χ3v) is 4.85. The van der Waals surface area contributed by atoms with Gasteiger partial charge in [-0.25, -0.2) is 9.18 Å². The summed E-state index contributed by atoms with van der Waals surface area (Å²) in [6, 6.07) is 6.94. The SMILES string of the molecule is Cn1c(N2CCCN(C(=O)COc3ccc(F)cc3)CC2)cc(=O)n(C)c1=O. The number of rotatable bonds is 4. The standard InChI is InChI=1S/C19H23FN4O4/c1-21-16(12-17(25)22(2)19(21)27)23-8-3-9-24(11-10-23)18(26)13-28-15-6-4-14(20)5-7-15/h4-7,12H,3,8-11,13H2,1-2H3. The summed E-state index contributed by atoms with van der Waals surface area (Å²) < 4.78 is 20.9. The van der Waals surface area contributed by atoms with Crippen LogP contribution in [0.3, 0.4) is 0 Å². The highest BCUT2D eigenvalue weighted by Crippen LogP contribution is 2.14. The van der Waals surface area contributed by atoms with Gasteiger partial charge in [0.2, 0.25) is 0 Å². The van der Waals surface area contributed by atoms with Crippen LogP contribution < -0.4 is 20.9 Å². The zero-order valence-electron chi connectivity index (χ0n) is 15.9. The van der Waals surface area contributed by atoms with E-state index in [9.17, 15) is 18.8 Å². The lowest BCUT2D eigenvalue weighted by Crippen LogP contribution is -2.42. The number of hydrogen-bond donors (Lipinski definition) is 0. The monoisotopic (exact) mass is 390 g/mol. The van der Waals surface area contributed by atoms with Crippen molar-refractivity contribution in [3.05, 3.63) is 57.0 Å². The maximum atomic E-state index is 12.9. The van der Waals surface area contributed by atoms with Crippen LogP contribution in [0.1, 0.15) is 6.42 Å². The van der Waals surface area contributed by atoms with Crippen LogP contribution in [0.25, 0.3) is 0 Å². The summed E-state index contributed by atoms with van der Waals surface area (Å²) in [5.41, 5.74) is -0.740. The van der Waals surface area contributed by atoms with E-state index < -0.39 is 0 Å². The molecule has 9 heteroatoms. The van der Waals surface area contributed by atoms with Crippen molar-refractivity contribution in [2.24, 2.45) is 14.1 Å². The summed E-state index contributed by atoms with van der Waals surface area (Å²) in [5.74, 6) is 0.451. The van der Waals surface area contributed by atoms with Crippen molar-refractivity contribution >= 4 is 11.7 Å². The molecule has 0 N–H and O–H groups in total. The van der Waals surface area contributed by atoms with E-state index in [4.69, 9.17) is 4.74 Å². The molecule has 8 nitrogen and oxygen atoms in total. The molecule has 1 aliphatic rings. The van der Waals surface area contributed by atoms with Crippen LogP contribution in [-0.4, -0.2) is 52.7 Å². The smallest absolute Gasteiger partial charge is 0.332 e. The quantitative estimate of drug-likeness (QED) is 0.753. The van der Waals surface area contributed by atoms with E-state index in [1.54, 1.807) is 11.9 Å². The van der Waals surface area contributed by atoms with Gasteiger partial charge >= 0.3 is 5.69 Å². The molecule has 0 radical (unpaired) electrons. The predicted octanol–water partition coefficient (Wildman–Crippen LogP) is 0.341. The first kappa shape index (κ1) is 19.7. The third kappa shape index (κ3) is 4.24. The van der Waals surface area contributed by atoms with Gasteiger partial charge in [0, 0.05) is 46.3 Å². The molecule has 0 saturated carbocycles. The van der Waals surface area contributed by atoms with Crippen LogP contribution in [-0.2, 0) is 18.9 Å². The lowest BCUT2D eigenvalue weighted by Gasteiger charge is -2.25. The number of anilines is 1. The molecule has 150 valence electrons. The van der Waals surface area contributed by atoms with Gasteiger partial charge in [-0.05, 0) is 30.7 Å². The van der Waals surface area contributed by atoms with Gasteiger partial charge in [-0.2, -0.15) is 0 Å². The molecule has 1 amide bonds. The molecular weight excluding hydrogens is 367 g/mol. The van der Waals surface area contributed by atoms with Gasteiger partial charge in [-0.15, -0.1) is 0 Å². The van der Waals surface area contributed by atoms with Crippen molar-refractivity contribution in [3.63, 3.8) is 0 Å². The Hall–Kier alpha value is -3.10. The van der Waals surface area contributed by atoms with E-state index in [0.29, 0.717) is 44.2 Å². The Kier molecular flexibility index (Phi) is 5.81. The molecule has 28 heavy (non-hydrogen) atoms. The number of ether oxygens (including phenoxy) is 1. The molecule has 1 aliphatic heterocycles. The first-order valence-electron chi connectivity index (χ1n) is 9.05. The summed E-state index contributed by atoms with van der Waals surface area (Å²) in [7, 11) is 3.07. The fraction of sp³-hybridized carbons (Fsp3) is 0.421. The Bertz CT molecular complexity index is 967. The minimum atomic E-state index is -0.382. The van der Waals surface area contributed by atoms with Gasteiger partial charge < -0.3 is 14.5 Å². The van der Waals surface area contributed by atoms with Crippen molar-refractivity contribution in [1.29, 1.82) is 0 Å². The average Bonchev–Trinajstić information content (AvgIpc) is 2.94. The molecular formula is C19H23FN4O4. The number of hydrogen-bond acceptors (Lipinski definition) is 5. The predicted molar refractivity (Wildman–Crippen MR) is 102 cm³/mol. The number of nitrogens with zero attached hydrogens (tertiary/aromatic N) is 4. The molecule has 1 saturated heterocycles. The Balaban J connectivity index is 1.63. The second kappa shape index (κ2) is 8.28. The molecule has 2 aromatic rings. The van der Waals surface area contributed by atoms with Crippen molar-refractivity contribution in [3.8, 4) is 5.75 Å². The molecule has 2 heterocycles. The zero-order chi connectivity index (χ0) is 20.3. The van der Waals surface area contributed by atoms with Crippen LogP contribution in [0.15, 0.2) is 39.9 Å². The van der Waals surface area contributed by atoms with E-state index in [-0.39, 0.29) is 29.6 Å². The lowest BCUT2D eigenvalue weighted by molar-refractivity contribution is -0.133. The van der Waals surface area contributed by atoms with Gasteiger partial charge in [0.05, 0.1) is 0 Å². The topological polar surface area (TPSA) is 76.8 Å². The molecule has 0 bridgehead atoms. The van der Waals surface area contributed by atoms with Crippen molar-refractivity contribution in [1.82, 2.24) is 14.0 Å². The van der Waals surface area contributed by atoms with Crippen LogP contribution >= 0.6 is 0 Å². The fourth-order valence-corrected chi connectivity index (χ4v) is 3.19. The van der Waals surface area contributed by atoms with Crippen LogP contribution in [0.2, 0.25) is 0 Å². The van der Waals surface area contributed by atoms with Gasteiger partial charge in [0.1, 0.15) is 17.4 Å². The molecule has 1 aromatic carbocycles. The lowest BCUT2D eigenvalue weighted by atomic mass is 10.3. The van der Waals surface area contributed by atoms with E-state index in [2.05, 4.69) is 0 Å². The Morgan fingerprint density at radius 2 is 1.75 bits per heavy atom. The first-order chi connectivity index (χ1) is 13.4. The molecule has 0 unspecified atom stereocenters. The Morgan fingerprint density at radius 3 is 2.46 bits per heavy atom. The summed E-state index contributed by atoms with van der Waals surface area (Å²) in [5, 5.41) is 0. The number of aromatic nitrogens is 2. The second-order valence-electron chi connectivity index (χ2n) is 6.71. The van der Waals surface area contributed by atoms with Gasteiger partial charge in [0.25, 0.3) is 11.5 Å². The van der Waals surface area contributed by atoms with Gasteiger partial charge in [0.15, 0.2) is 6.61 Å². The fourth-order valence-electron chi connectivity index (χ4n) is 3.19. The average molecular weight is 390 g/mol. The first-order valence-corrected chi connectivity index (χ1v) is 9.05. The van der Waals surface area contributed by atoms with Crippen molar-refractivity contribution in [2.45, 2.75) is 6.42 Å². The number of amides is 1. The number of carbonyl (C=O) groups excluding carboxylic acids is 1. The maximum Gasteiger partial charge on any atom is 0.332 e. The molecule has 0 aliphatic carbocycles. The van der Waals surface area contributed by atoms with Gasteiger partial charge in [-0.3, -0.25) is 18.7 Å². The van der Waals surface area contributed by atoms with Crippen LogP contribution in [0, 0.1) is 5.82 Å². The minimum absolute atomic E-state index is 0.129. The van der Waals surface area contributed by atoms with Crippen molar-refractivity contribution < 1.29 is 13.9 Å². The summed E-state index contributed by atoms with van der Waals surface area (Å²) in [6.07, 6.45) is 0.700. The summed E-state index contributed by atoms with van der Waals surface area (Å²) >= 11 is 0. The van der Waals surface area contributed by atoms with Crippen molar-refractivity contribution in [2.75, 3.05) is 37.7 Å². The molecule has 3 rings (SSSR count). The molecule has 0 atom stereocenters. The third-order valence-electron chi connectivity index (χ3n) is 4.85. The van der Waals surface area contributed by atoms with E-state index >= 15 is 0 Å². The van der Waals surface area contributed by atoms with E-state index in [1.807, 2.05) is 4.90 Å². The zero-order valence-corrected chi connectivity index (χ0v) is 15.9. The highest BCUT2D eigenvalue weighted by molar-refractivity contribution is 5.77. The normalized spacial score (nSPS) is 14.7. The molecule has 1 aromatic heterocycles. The van der Waals surface area contributed by atoms with Crippen LogP contribution in [0.4, 0.5) is 10.2 Å². The number of halogens is 1.